The highest BCUT2D eigenvalue weighted by Gasteiger charge is 2.37. The first-order valence-electron chi connectivity index (χ1n) is 6.80. The van der Waals surface area contributed by atoms with E-state index in [0.29, 0.717) is 6.42 Å². The van der Waals surface area contributed by atoms with Crippen LogP contribution in [0.25, 0.3) is 0 Å². The lowest BCUT2D eigenvalue weighted by molar-refractivity contribution is -0.139. The molecule has 0 aromatic heterocycles. The van der Waals surface area contributed by atoms with E-state index in [9.17, 15) is 19.2 Å². The van der Waals surface area contributed by atoms with Gasteiger partial charge in [-0.25, -0.2) is 4.79 Å². The molecule has 0 radical (unpaired) electrons. The van der Waals surface area contributed by atoms with Gasteiger partial charge in [-0.3, -0.25) is 19.7 Å². The van der Waals surface area contributed by atoms with Crippen LogP contribution in [0.3, 0.4) is 0 Å². The molecule has 1 aliphatic heterocycles. The SMILES string of the molecule is CCC1C(=O)NC(=O)CN1C(=O)NC(C)(C)CCC(=O)O. The summed E-state index contributed by atoms with van der Waals surface area (Å²) in [5.41, 5.74) is -0.745. The van der Waals surface area contributed by atoms with Crippen molar-refractivity contribution in [1.82, 2.24) is 15.5 Å². The molecule has 1 fully saturated rings. The third kappa shape index (κ3) is 4.73. The van der Waals surface area contributed by atoms with Crippen LogP contribution in [0.4, 0.5) is 4.79 Å². The van der Waals surface area contributed by atoms with Crippen LogP contribution in [0.5, 0.6) is 0 Å². The fourth-order valence-corrected chi connectivity index (χ4v) is 2.13. The highest BCUT2D eigenvalue weighted by molar-refractivity contribution is 6.04. The number of rotatable bonds is 5. The first kappa shape index (κ1) is 16.9. The third-order valence-electron chi connectivity index (χ3n) is 3.31. The number of aliphatic carboxylic acids is 1. The van der Waals surface area contributed by atoms with E-state index in [1.165, 1.54) is 4.90 Å². The van der Waals surface area contributed by atoms with Crippen LogP contribution in [-0.4, -0.2) is 51.9 Å². The van der Waals surface area contributed by atoms with Crippen molar-refractivity contribution in [2.45, 2.75) is 51.6 Å². The number of piperazine rings is 1. The Morgan fingerprint density at radius 2 is 2.05 bits per heavy atom. The minimum atomic E-state index is -0.948. The van der Waals surface area contributed by atoms with Crippen LogP contribution >= 0.6 is 0 Å². The molecule has 8 nitrogen and oxygen atoms in total. The average molecular weight is 299 g/mol. The number of urea groups is 1. The van der Waals surface area contributed by atoms with Gasteiger partial charge in [-0.2, -0.15) is 0 Å². The predicted octanol–water partition coefficient (Wildman–Crippen LogP) is 0.0764. The van der Waals surface area contributed by atoms with Crippen molar-refractivity contribution in [3.8, 4) is 0 Å². The van der Waals surface area contributed by atoms with Gasteiger partial charge in [0, 0.05) is 12.0 Å². The second-order valence-electron chi connectivity index (χ2n) is 5.67. The maximum absolute atomic E-state index is 12.3. The molecule has 1 unspecified atom stereocenters. The van der Waals surface area contributed by atoms with Crippen LogP contribution < -0.4 is 10.6 Å². The second-order valence-corrected chi connectivity index (χ2v) is 5.67. The Morgan fingerprint density at radius 3 is 2.57 bits per heavy atom. The van der Waals surface area contributed by atoms with Gasteiger partial charge < -0.3 is 15.3 Å². The first-order chi connectivity index (χ1) is 9.66. The number of carboxylic acids is 1. The molecule has 1 heterocycles. The molecule has 0 aliphatic carbocycles. The Balaban J connectivity index is 2.74. The first-order valence-corrected chi connectivity index (χ1v) is 6.80. The molecule has 0 bridgehead atoms. The molecule has 3 N–H and O–H groups in total. The van der Waals surface area contributed by atoms with Gasteiger partial charge >= 0.3 is 12.0 Å². The Morgan fingerprint density at radius 1 is 1.43 bits per heavy atom. The van der Waals surface area contributed by atoms with Crippen molar-refractivity contribution >= 4 is 23.8 Å². The fraction of sp³-hybridized carbons (Fsp3) is 0.692. The lowest BCUT2D eigenvalue weighted by Crippen LogP contribution is -2.63. The number of nitrogens with one attached hydrogen (secondary N) is 2. The molecule has 4 amide bonds. The molecule has 0 aromatic rings. The number of carbonyl (C=O) groups is 4. The molecule has 0 saturated carbocycles. The summed E-state index contributed by atoms with van der Waals surface area (Å²) in [6.45, 7) is 4.95. The molecule has 0 aromatic carbocycles. The van der Waals surface area contributed by atoms with Gasteiger partial charge in [-0.15, -0.1) is 0 Å². The van der Waals surface area contributed by atoms with Crippen molar-refractivity contribution in [1.29, 1.82) is 0 Å². The van der Waals surface area contributed by atoms with Gasteiger partial charge in [0.05, 0.1) is 0 Å². The molecule has 1 atom stereocenters. The van der Waals surface area contributed by atoms with Crippen molar-refractivity contribution in [2.75, 3.05) is 6.54 Å². The minimum absolute atomic E-state index is 0.0795. The van der Waals surface area contributed by atoms with E-state index >= 15 is 0 Å². The summed E-state index contributed by atoms with van der Waals surface area (Å²) in [6, 6.07) is -1.24. The van der Waals surface area contributed by atoms with Crippen LogP contribution in [0.1, 0.15) is 40.0 Å². The van der Waals surface area contributed by atoms with Crippen LogP contribution in [0.2, 0.25) is 0 Å². The van der Waals surface area contributed by atoms with Crippen molar-refractivity contribution < 1.29 is 24.3 Å². The topological polar surface area (TPSA) is 116 Å². The molecular weight excluding hydrogens is 278 g/mol. The number of amides is 4. The molecule has 1 rings (SSSR count). The van der Waals surface area contributed by atoms with Gasteiger partial charge in [0.2, 0.25) is 11.8 Å². The second kappa shape index (κ2) is 6.55. The zero-order chi connectivity index (χ0) is 16.2. The zero-order valence-corrected chi connectivity index (χ0v) is 12.4. The van der Waals surface area contributed by atoms with E-state index in [-0.39, 0.29) is 19.4 Å². The molecule has 1 aliphatic rings. The van der Waals surface area contributed by atoms with Gasteiger partial charge in [-0.05, 0) is 26.7 Å². The number of hydrogen-bond acceptors (Lipinski definition) is 4. The van der Waals surface area contributed by atoms with Crippen LogP contribution in [0.15, 0.2) is 0 Å². The zero-order valence-electron chi connectivity index (χ0n) is 12.4. The Bertz CT molecular complexity index is 461. The van der Waals surface area contributed by atoms with E-state index in [1.54, 1.807) is 20.8 Å². The fourth-order valence-electron chi connectivity index (χ4n) is 2.13. The van der Waals surface area contributed by atoms with E-state index in [2.05, 4.69) is 10.6 Å². The number of carboxylic acid groups (broad SMARTS) is 1. The minimum Gasteiger partial charge on any atom is -0.481 e. The van der Waals surface area contributed by atoms with Gasteiger partial charge in [0.1, 0.15) is 12.6 Å². The Labute approximate surface area is 122 Å². The largest absolute Gasteiger partial charge is 0.481 e. The van der Waals surface area contributed by atoms with Gasteiger partial charge in [-0.1, -0.05) is 6.92 Å². The van der Waals surface area contributed by atoms with E-state index in [0.717, 1.165) is 0 Å². The highest BCUT2D eigenvalue weighted by Crippen LogP contribution is 2.15. The number of imide groups is 1. The summed E-state index contributed by atoms with van der Waals surface area (Å²) in [6.07, 6.45) is 0.560. The van der Waals surface area contributed by atoms with Gasteiger partial charge in [0.15, 0.2) is 0 Å². The quantitative estimate of drug-likeness (QED) is 0.622. The molecule has 1 saturated heterocycles. The number of nitrogens with zero attached hydrogens (tertiary/aromatic N) is 1. The molecule has 0 spiro atoms. The monoisotopic (exact) mass is 299 g/mol. The summed E-state index contributed by atoms with van der Waals surface area (Å²) in [5.74, 6) is -1.97. The smallest absolute Gasteiger partial charge is 0.318 e. The normalized spacial score (nSPS) is 19.2. The summed E-state index contributed by atoms with van der Waals surface area (Å²) in [4.78, 5) is 47.1. The Hall–Kier alpha value is -2.12. The molecular formula is C13H21N3O5. The maximum atomic E-state index is 12.3. The highest BCUT2D eigenvalue weighted by atomic mass is 16.4. The summed E-state index contributed by atoms with van der Waals surface area (Å²) >= 11 is 0. The van der Waals surface area contributed by atoms with Gasteiger partial charge in [0.25, 0.3) is 0 Å². The van der Waals surface area contributed by atoms with E-state index in [4.69, 9.17) is 5.11 Å². The standard InChI is InChI=1S/C13H21N3O5/c1-4-8-11(20)14-9(17)7-16(8)12(21)15-13(2,3)6-5-10(18)19/h8H,4-7H2,1-3H3,(H,15,21)(H,18,19)(H,14,17,20). The number of carbonyl (C=O) groups excluding carboxylic acids is 3. The summed E-state index contributed by atoms with van der Waals surface area (Å²) in [5, 5.41) is 13.6. The molecule has 8 heteroatoms. The van der Waals surface area contributed by atoms with E-state index < -0.39 is 35.4 Å². The summed E-state index contributed by atoms with van der Waals surface area (Å²) in [7, 11) is 0. The lowest BCUT2D eigenvalue weighted by Gasteiger charge is -2.36. The molecule has 118 valence electrons. The van der Waals surface area contributed by atoms with Crippen molar-refractivity contribution in [3.05, 3.63) is 0 Å². The molecule has 21 heavy (non-hydrogen) atoms. The Kier molecular flexibility index (Phi) is 5.28. The van der Waals surface area contributed by atoms with Crippen molar-refractivity contribution in [3.63, 3.8) is 0 Å². The average Bonchev–Trinajstić information content (AvgIpc) is 2.35. The van der Waals surface area contributed by atoms with Crippen molar-refractivity contribution in [2.24, 2.45) is 0 Å². The van der Waals surface area contributed by atoms with E-state index in [1.807, 2.05) is 0 Å². The van der Waals surface area contributed by atoms with Crippen LogP contribution in [0, 0.1) is 0 Å². The number of hydrogen-bond donors (Lipinski definition) is 3. The predicted molar refractivity (Wildman–Crippen MR) is 73.4 cm³/mol. The maximum Gasteiger partial charge on any atom is 0.318 e. The lowest BCUT2D eigenvalue weighted by atomic mass is 9.98. The third-order valence-corrected chi connectivity index (χ3v) is 3.31. The van der Waals surface area contributed by atoms with Crippen LogP contribution in [-0.2, 0) is 14.4 Å². The summed E-state index contributed by atoms with van der Waals surface area (Å²) < 4.78 is 0.